The molecule has 1 aromatic carbocycles. The number of ether oxygens (including phenoxy) is 3. The second-order valence-corrected chi connectivity index (χ2v) is 3.81. The Bertz CT molecular complexity index is 299. The molecule has 0 atom stereocenters. The maximum Gasteiger partial charge on any atom is 0.119 e. The van der Waals surface area contributed by atoms with Gasteiger partial charge in [-0.05, 0) is 24.1 Å². The maximum atomic E-state index is 5.64. The van der Waals surface area contributed by atoms with Crippen molar-refractivity contribution in [1.82, 2.24) is 0 Å². The predicted octanol–water partition coefficient (Wildman–Crippen LogP) is 2.68. The molecule has 3 nitrogen and oxygen atoms in total. The van der Waals surface area contributed by atoms with Crippen molar-refractivity contribution >= 4 is 0 Å². The summed E-state index contributed by atoms with van der Waals surface area (Å²) in [5, 5.41) is 0. The second kappa shape index (κ2) is 9.02. The Hall–Kier alpha value is -1.06. The maximum absolute atomic E-state index is 5.64. The summed E-state index contributed by atoms with van der Waals surface area (Å²) in [5.41, 5.74) is 1.30. The molecule has 0 aliphatic rings. The molecular formula is C14H22O3. The normalized spacial score (nSPS) is 10.5. The molecule has 0 aliphatic carbocycles. The smallest absolute Gasteiger partial charge is 0.119 e. The number of benzene rings is 1. The van der Waals surface area contributed by atoms with Gasteiger partial charge in [0.1, 0.15) is 5.75 Å². The Morgan fingerprint density at radius 2 is 1.94 bits per heavy atom. The van der Waals surface area contributed by atoms with E-state index in [9.17, 15) is 0 Å². The van der Waals surface area contributed by atoms with Crippen LogP contribution >= 0.6 is 0 Å². The number of hydrogen-bond donors (Lipinski definition) is 0. The van der Waals surface area contributed by atoms with Gasteiger partial charge in [-0.1, -0.05) is 19.1 Å². The zero-order valence-corrected chi connectivity index (χ0v) is 10.8. The van der Waals surface area contributed by atoms with E-state index >= 15 is 0 Å². The van der Waals surface area contributed by atoms with Gasteiger partial charge in [0.25, 0.3) is 0 Å². The first-order chi connectivity index (χ1) is 8.36. The van der Waals surface area contributed by atoms with Crippen LogP contribution in [-0.4, -0.2) is 33.5 Å². The number of rotatable bonds is 9. The first-order valence-electron chi connectivity index (χ1n) is 6.15. The molecule has 0 saturated heterocycles. The van der Waals surface area contributed by atoms with Gasteiger partial charge in [0.05, 0.1) is 19.8 Å². The van der Waals surface area contributed by atoms with E-state index in [2.05, 4.69) is 19.1 Å². The average molecular weight is 238 g/mol. The van der Waals surface area contributed by atoms with Crippen molar-refractivity contribution in [3.63, 3.8) is 0 Å². The van der Waals surface area contributed by atoms with Crippen LogP contribution < -0.4 is 4.74 Å². The Balaban J connectivity index is 2.09. The van der Waals surface area contributed by atoms with Gasteiger partial charge >= 0.3 is 0 Å². The second-order valence-electron chi connectivity index (χ2n) is 3.81. The van der Waals surface area contributed by atoms with Crippen molar-refractivity contribution in [1.29, 1.82) is 0 Å². The minimum absolute atomic E-state index is 0.652. The van der Waals surface area contributed by atoms with E-state index in [1.807, 2.05) is 12.1 Å². The highest BCUT2D eigenvalue weighted by Gasteiger charge is 1.95. The van der Waals surface area contributed by atoms with Crippen molar-refractivity contribution in [2.24, 2.45) is 0 Å². The molecular weight excluding hydrogens is 216 g/mol. The summed E-state index contributed by atoms with van der Waals surface area (Å²) in [6.07, 6.45) is 1.94. The van der Waals surface area contributed by atoms with E-state index in [0.717, 1.165) is 25.2 Å². The van der Waals surface area contributed by atoms with Gasteiger partial charge in [0, 0.05) is 20.1 Å². The van der Waals surface area contributed by atoms with Gasteiger partial charge in [0.15, 0.2) is 0 Å². The third-order valence-corrected chi connectivity index (χ3v) is 2.44. The fraction of sp³-hybridized carbons (Fsp3) is 0.571. The van der Waals surface area contributed by atoms with E-state index in [-0.39, 0.29) is 0 Å². The monoisotopic (exact) mass is 238 g/mol. The molecule has 3 heteroatoms. The summed E-state index contributed by atoms with van der Waals surface area (Å²) < 4.78 is 15.9. The molecule has 0 fully saturated rings. The summed E-state index contributed by atoms with van der Waals surface area (Å²) >= 11 is 0. The van der Waals surface area contributed by atoms with Crippen LogP contribution in [0.2, 0.25) is 0 Å². The third kappa shape index (κ3) is 6.29. The lowest BCUT2D eigenvalue weighted by Gasteiger charge is -2.07. The molecule has 0 heterocycles. The van der Waals surface area contributed by atoms with E-state index < -0.39 is 0 Å². The molecule has 0 N–H and O–H groups in total. The van der Waals surface area contributed by atoms with Gasteiger partial charge in [-0.15, -0.1) is 0 Å². The zero-order valence-electron chi connectivity index (χ0n) is 10.8. The molecule has 0 aromatic heterocycles. The number of methoxy groups -OCH3 is 1. The van der Waals surface area contributed by atoms with Gasteiger partial charge in [0.2, 0.25) is 0 Å². The number of aryl methyl sites for hydroxylation is 1. The molecule has 96 valence electrons. The SMILES string of the molecule is CCc1cccc(OCCCOCCOC)c1. The van der Waals surface area contributed by atoms with Gasteiger partial charge in [-0.2, -0.15) is 0 Å². The Labute approximate surface area is 104 Å². The quantitative estimate of drug-likeness (QED) is 0.619. The van der Waals surface area contributed by atoms with E-state index in [0.29, 0.717) is 19.8 Å². The highest BCUT2D eigenvalue weighted by Crippen LogP contribution is 2.13. The molecule has 0 amide bonds. The van der Waals surface area contributed by atoms with Crippen LogP contribution in [0.4, 0.5) is 0 Å². The predicted molar refractivity (Wildman–Crippen MR) is 68.6 cm³/mol. The molecule has 0 spiro atoms. The lowest BCUT2D eigenvalue weighted by molar-refractivity contribution is 0.0644. The summed E-state index contributed by atoms with van der Waals surface area (Å²) in [7, 11) is 1.67. The van der Waals surface area contributed by atoms with Crippen molar-refractivity contribution < 1.29 is 14.2 Å². The minimum atomic E-state index is 0.652. The molecule has 0 bridgehead atoms. The van der Waals surface area contributed by atoms with E-state index in [1.54, 1.807) is 7.11 Å². The van der Waals surface area contributed by atoms with Crippen molar-refractivity contribution in [2.75, 3.05) is 33.5 Å². The largest absolute Gasteiger partial charge is 0.493 e. The van der Waals surface area contributed by atoms with E-state index in [4.69, 9.17) is 14.2 Å². The fourth-order valence-corrected chi connectivity index (χ4v) is 1.45. The first-order valence-corrected chi connectivity index (χ1v) is 6.15. The Morgan fingerprint density at radius 3 is 2.71 bits per heavy atom. The lowest BCUT2D eigenvalue weighted by atomic mass is 10.2. The summed E-state index contributed by atoms with van der Waals surface area (Å²) in [6.45, 7) is 4.86. The number of hydrogen-bond acceptors (Lipinski definition) is 3. The van der Waals surface area contributed by atoms with Crippen LogP contribution in [0.15, 0.2) is 24.3 Å². The minimum Gasteiger partial charge on any atom is -0.493 e. The fourth-order valence-electron chi connectivity index (χ4n) is 1.45. The summed E-state index contributed by atoms with van der Waals surface area (Å²) in [4.78, 5) is 0. The average Bonchev–Trinajstić information content (AvgIpc) is 2.38. The topological polar surface area (TPSA) is 27.7 Å². The lowest BCUT2D eigenvalue weighted by Crippen LogP contribution is -2.06. The van der Waals surface area contributed by atoms with Crippen LogP contribution in [0.1, 0.15) is 18.9 Å². The van der Waals surface area contributed by atoms with Crippen LogP contribution in [0.3, 0.4) is 0 Å². The standard InChI is InChI=1S/C14H22O3/c1-3-13-6-4-7-14(12-13)17-9-5-8-16-11-10-15-2/h4,6-7,12H,3,5,8-11H2,1-2H3. The van der Waals surface area contributed by atoms with Gasteiger partial charge in [-0.3, -0.25) is 0 Å². The van der Waals surface area contributed by atoms with Crippen LogP contribution in [-0.2, 0) is 15.9 Å². The Kier molecular flexibility index (Phi) is 7.43. The van der Waals surface area contributed by atoms with Gasteiger partial charge in [-0.25, -0.2) is 0 Å². The molecule has 17 heavy (non-hydrogen) atoms. The van der Waals surface area contributed by atoms with Crippen molar-refractivity contribution in [2.45, 2.75) is 19.8 Å². The van der Waals surface area contributed by atoms with Crippen LogP contribution in [0, 0.1) is 0 Å². The first kappa shape index (κ1) is 14.0. The van der Waals surface area contributed by atoms with Crippen LogP contribution in [0.5, 0.6) is 5.75 Å². The summed E-state index contributed by atoms with van der Waals surface area (Å²) in [5.74, 6) is 0.946. The third-order valence-electron chi connectivity index (χ3n) is 2.44. The summed E-state index contributed by atoms with van der Waals surface area (Å²) in [6, 6.07) is 8.22. The zero-order chi connectivity index (χ0) is 12.3. The molecule has 0 unspecified atom stereocenters. The van der Waals surface area contributed by atoms with Crippen molar-refractivity contribution in [3.05, 3.63) is 29.8 Å². The van der Waals surface area contributed by atoms with E-state index in [1.165, 1.54) is 5.56 Å². The van der Waals surface area contributed by atoms with Crippen LogP contribution in [0.25, 0.3) is 0 Å². The molecule has 1 aromatic rings. The Morgan fingerprint density at radius 1 is 1.06 bits per heavy atom. The molecule has 0 radical (unpaired) electrons. The molecule has 0 saturated carbocycles. The molecule has 0 aliphatic heterocycles. The van der Waals surface area contributed by atoms with Crippen molar-refractivity contribution in [3.8, 4) is 5.75 Å². The highest BCUT2D eigenvalue weighted by molar-refractivity contribution is 5.28. The van der Waals surface area contributed by atoms with Gasteiger partial charge < -0.3 is 14.2 Å². The molecule has 1 rings (SSSR count). The highest BCUT2D eigenvalue weighted by atomic mass is 16.5.